The lowest BCUT2D eigenvalue weighted by Crippen LogP contribution is -2.30. The SMILES string of the molecule is CCCOc1ccc(NC(=O)C[C@@H]2SC(=Nc3ccc(C)c(Cl)c3)N(C)C2=O)cc1. The summed E-state index contributed by atoms with van der Waals surface area (Å²) in [6.07, 6.45) is 0.998. The number of ether oxygens (including phenoxy) is 1. The van der Waals surface area contributed by atoms with Gasteiger partial charge in [0.05, 0.1) is 12.3 Å². The van der Waals surface area contributed by atoms with E-state index in [0.29, 0.717) is 28.2 Å². The van der Waals surface area contributed by atoms with Gasteiger partial charge in [0.25, 0.3) is 0 Å². The largest absolute Gasteiger partial charge is 0.494 e. The first-order valence-corrected chi connectivity index (χ1v) is 10.9. The first-order chi connectivity index (χ1) is 14.4. The van der Waals surface area contributed by atoms with Gasteiger partial charge in [-0.2, -0.15) is 0 Å². The number of halogens is 1. The van der Waals surface area contributed by atoms with Gasteiger partial charge in [0, 0.05) is 24.2 Å². The van der Waals surface area contributed by atoms with Gasteiger partial charge in [-0.3, -0.25) is 14.5 Å². The number of aliphatic imine (C=N–C) groups is 1. The van der Waals surface area contributed by atoms with E-state index >= 15 is 0 Å². The van der Waals surface area contributed by atoms with Crippen molar-refractivity contribution in [1.29, 1.82) is 0 Å². The quantitative estimate of drug-likeness (QED) is 0.649. The number of amides is 2. The topological polar surface area (TPSA) is 71.0 Å². The molecule has 3 rings (SSSR count). The van der Waals surface area contributed by atoms with Crippen LogP contribution in [-0.2, 0) is 9.59 Å². The molecule has 2 aromatic rings. The predicted octanol–water partition coefficient (Wildman–Crippen LogP) is 5.03. The average molecular weight is 446 g/mol. The molecule has 0 bridgehead atoms. The molecule has 1 aliphatic heterocycles. The van der Waals surface area contributed by atoms with Crippen molar-refractivity contribution in [1.82, 2.24) is 4.90 Å². The summed E-state index contributed by atoms with van der Waals surface area (Å²) in [5.74, 6) is 0.390. The predicted molar refractivity (Wildman–Crippen MR) is 123 cm³/mol. The summed E-state index contributed by atoms with van der Waals surface area (Å²) in [7, 11) is 1.66. The highest BCUT2D eigenvalue weighted by Gasteiger charge is 2.37. The Morgan fingerprint density at radius 1 is 1.27 bits per heavy atom. The number of nitrogens with one attached hydrogen (secondary N) is 1. The number of rotatable bonds is 7. The van der Waals surface area contributed by atoms with Crippen LogP contribution in [0.15, 0.2) is 47.5 Å². The zero-order valence-corrected chi connectivity index (χ0v) is 18.7. The second kappa shape index (κ2) is 10.00. The summed E-state index contributed by atoms with van der Waals surface area (Å²) in [5.41, 5.74) is 2.29. The Balaban J connectivity index is 1.61. The molecule has 0 unspecified atom stereocenters. The van der Waals surface area contributed by atoms with Crippen LogP contribution in [0.2, 0.25) is 5.02 Å². The van der Waals surface area contributed by atoms with Gasteiger partial charge in [-0.05, 0) is 55.3 Å². The molecule has 0 saturated carbocycles. The zero-order valence-electron chi connectivity index (χ0n) is 17.1. The number of carbonyl (C=O) groups is 2. The Kier molecular flexibility index (Phi) is 7.39. The highest BCUT2D eigenvalue weighted by atomic mass is 35.5. The van der Waals surface area contributed by atoms with Crippen LogP contribution in [0.4, 0.5) is 11.4 Å². The molecule has 1 saturated heterocycles. The molecule has 1 aliphatic rings. The van der Waals surface area contributed by atoms with E-state index in [2.05, 4.69) is 10.3 Å². The van der Waals surface area contributed by atoms with Crippen LogP contribution in [0.25, 0.3) is 0 Å². The van der Waals surface area contributed by atoms with E-state index in [0.717, 1.165) is 17.7 Å². The minimum absolute atomic E-state index is 0.0651. The molecule has 0 aromatic heterocycles. The highest BCUT2D eigenvalue weighted by molar-refractivity contribution is 8.15. The van der Waals surface area contributed by atoms with Crippen LogP contribution in [0, 0.1) is 6.92 Å². The minimum atomic E-state index is -0.512. The summed E-state index contributed by atoms with van der Waals surface area (Å²) in [6, 6.07) is 12.7. The molecule has 2 amide bonds. The fraction of sp³-hybridized carbons (Fsp3) is 0.318. The van der Waals surface area contributed by atoms with Crippen LogP contribution < -0.4 is 10.1 Å². The third-order valence-electron chi connectivity index (χ3n) is 4.50. The van der Waals surface area contributed by atoms with Crippen molar-refractivity contribution in [2.75, 3.05) is 19.0 Å². The van der Waals surface area contributed by atoms with Crippen LogP contribution >= 0.6 is 23.4 Å². The minimum Gasteiger partial charge on any atom is -0.494 e. The van der Waals surface area contributed by atoms with Gasteiger partial charge in [-0.1, -0.05) is 36.4 Å². The van der Waals surface area contributed by atoms with E-state index in [4.69, 9.17) is 16.3 Å². The molecule has 8 heteroatoms. The van der Waals surface area contributed by atoms with Crippen LogP contribution in [0.1, 0.15) is 25.3 Å². The van der Waals surface area contributed by atoms with E-state index in [1.807, 2.05) is 38.1 Å². The van der Waals surface area contributed by atoms with Gasteiger partial charge < -0.3 is 10.1 Å². The summed E-state index contributed by atoms with van der Waals surface area (Å²) in [6.45, 7) is 4.61. The molecule has 0 spiro atoms. The van der Waals surface area contributed by atoms with Crippen LogP contribution in [0.5, 0.6) is 5.75 Å². The third kappa shape index (κ3) is 5.55. The molecule has 1 fully saturated rings. The van der Waals surface area contributed by atoms with Gasteiger partial charge >= 0.3 is 0 Å². The summed E-state index contributed by atoms with van der Waals surface area (Å²) in [4.78, 5) is 31.0. The molecule has 158 valence electrons. The van der Waals surface area contributed by atoms with Crippen molar-refractivity contribution in [2.45, 2.75) is 31.9 Å². The highest BCUT2D eigenvalue weighted by Crippen LogP contribution is 2.32. The van der Waals surface area contributed by atoms with Crippen molar-refractivity contribution in [3.05, 3.63) is 53.1 Å². The molecule has 2 aromatic carbocycles. The lowest BCUT2D eigenvalue weighted by Gasteiger charge is -2.10. The maximum atomic E-state index is 12.6. The van der Waals surface area contributed by atoms with Crippen molar-refractivity contribution >= 4 is 51.7 Å². The molecular weight excluding hydrogens is 422 g/mol. The number of hydrogen-bond donors (Lipinski definition) is 1. The summed E-state index contributed by atoms with van der Waals surface area (Å²) in [5, 5.41) is 3.49. The molecule has 0 aliphatic carbocycles. The van der Waals surface area contributed by atoms with E-state index < -0.39 is 5.25 Å². The molecule has 1 N–H and O–H groups in total. The normalized spacial score (nSPS) is 17.5. The number of hydrogen-bond acceptors (Lipinski definition) is 5. The van der Waals surface area contributed by atoms with Crippen LogP contribution in [-0.4, -0.2) is 40.8 Å². The second-order valence-corrected chi connectivity index (χ2v) is 8.53. The average Bonchev–Trinajstić information content (AvgIpc) is 2.98. The van der Waals surface area contributed by atoms with Gasteiger partial charge in [-0.25, -0.2) is 4.99 Å². The van der Waals surface area contributed by atoms with Crippen molar-refractivity contribution < 1.29 is 14.3 Å². The molecule has 1 heterocycles. The number of nitrogens with zero attached hydrogens (tertiary/aromatic N) is 2. The smallest absolute Gasteiger partial charge is 0.242 e. The van der Waals surface area contributed by atoms with Gasteiger partial charge in [0.15, 0.2) is 5.17 Å². The van der Waals surface area contributed by atoms with Gasteiger partial charge in [0.2, 0.25) is 11.8 Å². The lowest BCUT2D eigenvalue weighted by atomic mass is 10.2. The second-order valence-electron chi connectivity index (χ2n) is 6.96. The van der Waals surface area contributed by atoms with Gasteiger partial charge in [-0.15, -0.1) is 0 Å². The zero-order chi connectivity index (χ0) is 21.7. The number of anilines is 1. The van der Waals surface area contributed by atoms with Crippen molar-refractivity contribution in [2.24, 2.45) is 4.99 Å². The fourth-order valence-electron chi connectivity index (χ4n) is 2.79. The molecule has 6 nitrogen and oxygen atoms in total. The Labute approximate surface area is 185 Å². The molecule has 0 radical (unpaired) electrons. The Morgan fingerprint density at radius 2 is 2.00 bits per heavy atom. The monoisotopic (exact) mass is 445 g/mol. The van der Waals surface area contributed by atoms with Crippen LogP contribution in [0.3, 0.4) is 0 Å². The van der Waals surface area contributed by atoms with E-state index in [9.17, 15) is 9.59 Å². The number of aryl methyl sites for hydroxylation is 1. The Hall–Kier alpha value is -2.51. The molecule has 30 heavy (non-hydrogen) atoms. The van der Waals surface area contributed by atoms with Crippen molar-refractivity contribution in [3.63, 3.8) is 0 Å². The standard InChI is InChI=1S/C22H24ClN3O3S/c1-4-11-29-17-9-7-15(8-10-17)24-20(27)13-19-21(28)26(3)22(30-19)25-16-6-5-14(2)18(23)12-16/h5-10,12,19H,4,11,13H2,1-3H3,(H,24,27)/t19-/m0/s1. The molecular formula is C22H24ClN3O3S. The van der Waals surface area contributed by atoms with Gasteiger partial charge in [0.1, 0.15) is 11.0 Å². The number of thioether (sulfide) groups is 1. The first kappa shape index (κ1) is 22.2. The molecule has 1 atom stereocenters. The summed E-state index contributed by atoms with van der Waals surface area (Å²) >= 11 is 7.44. The number of benzene rings is 2. The maximum absolute atomic E-state index is 12.6. The van der Waals surface area contributed by atoms with Crippen molar-refractivity contribution in [3.8, 4) is 5.75 Å². The van der Waals surface area contributed by atoms with E-state index in [-0.39, 0.29) is 18.2 Å². The fourth-order valence-corrected chi connectivity index (χ4v) is 4.12. The number of carbonyl (C=O) groups excluding carboxylic acids is 2. The first-order valence-electron chi connectivity index (χ1n) is 9.69. The van der Waals surface area contributed by atoms with E-state index in [1.165, 1.54) is 16.7 Å². The third-order valence-corrected chi connectivity index (χ3v) is 6.14. The lowest BCUT2D eigenvalue weighted by molar-refractivity contribution is -0.127. The Morgan fingerprint density at radius 3 is 2.67 bits per heavy atom. The van der Waals surface area contributed by atoms with E-state index in [1.54, 1.807) is 25.2 Å². The summed E-state index contributed by atoms with van der Waals surface area (Å²) < 4.78 is 5.54. The maximum Gasteiger partial charge on any atom is 0.242 e. The number of amidine groups is 1. The Bertz CT molecular complexity index is 963.